The maximum atomic E-state index is 4.63. The van der Waals surface area contributed by atoms with Crippen LogP contribution in [0.2, 0.25) is 0 Å². The monoisotopic (exact) mass is 365 g/mol. The lowest BCUT2D eigenvalue weighted by Crippen LogP contribution is -2.63. The number of nitrogens with zero attached hydrogens (tertiary/aromatic N) is 4. The predicted octanol–water partition coefficient (Wildman–Crippen LogP) is 2.96. The van der Waals surface area contributed by atoms with Crippen LogP contribution in [0.3, 0.4) is 0 Å². The van der Waals surface area contributed by atoms with Crippen LogP contribution in [0.15, 0.2) is 18.3 Å². The normalized spacial score (nSPS) is 31.2. The Morgan fingerprint density at radius 3 is 2.78 bits per heavy atom. The van der Waals surface area contributed by atoms with E-state index < -0.39 is 0 Å². The highest BCUT2D eigenvalue weighted by atomic mass is 15.2. The minimum absolute atomic E-state index is 0.500. The molecule has 7 rings (SSSR count). The lowest BCUT2D eigenvalue weighted by Gasteiger charge is -2.58. The second-order valence-corrected chi connectivity index (χ2v) is 9.46. The fourth-order valence-electron chi connectivity index (χ4n) is 6.09. The van der Waals surface area contributed by atoms with E-state index in [4.69, 9.17) is 0 Å². The van der Waals surface area contributed by atoms with Crippen molar-refractivity contribution >= 4 is 17.6 Å². The van der Waals surface area contributed by atoms with Crippen molar-refractivity contribution in [2.45, 2.75) is 44.1 Å². The van der Waals surface area contributed by atoms with Gasteiger partial charge < -0.3 is 15.5 Å². The molecule has 3 heterocycles. The van der Waals surface area contributed by atoms with Crippen LogP contribution in [0.4, 0.5) is 17.6 Å². The fraction of sp³-hybridized carbons (Fsp3) is 0.650. The smallest absolute Gasteiger partial charge is 0.224 e. The molecule has 0 aromatic carbocycles. The molecule has 7 nitrogen and oxygen atoms in total. The number of H-pyrrole nitrogens is 1. The summed E-state index contributed by atoms with van der Waals surface area (Å²) in [5, 5.41) is 14.5. The van der Waals surface area contributed by atoms with Gasteiger partial charge in [-0.3, -0.25) is 5.10 Å². The third kappa shape index (κ3) is 2.71. The van der Waals surface area contributed by atoms with Crippen molar-refractivity contribution in [1.82, 2.24) is 25.1 Å². The highest BCUT2D eigenvalue weighted by Crippen LogP contribution is 2.56. The first-order valence-electron chi connectivity index (χ1n) is 10.2. The molecule has 0 radical (unpaired) electrons. The molecule has 7 heteroatoms. The predicted molar refractivity (Wildman–Crippen MR) is 104 cm³/mol. The molecule has 2 aromatic rings. The molecule has 1 atom stereocenters. The van der Waals surface area contributed by atoms with Crippen LogP contribution < -0.4 is 10.6 Å². The van der Waals surface area contributed by atoms with E-state index in [1.54, 1.807) is 0 Å². The number of likely N-dealkylation sites (tertiary alicyclic amines) is 1. The number of fused-ring (bicyclic) bond motifs is 1. The van der Waals surface area contributed by atoms with Gasteiger partial charge in [0.2, 0.25) is 5.95 Å². The van der Waals surface area contributed by atoms with Crippen molar-refractivity contribution in [2.24, 2.45) is 17.3 Å². The van der Waals surface area contributed by atoms with Gasteiger partial charge in [0.05, 0.1) is 0 Å². The van der Waals surface area contributed by atoms with Crippen LogP contribution in [0.5, 0.6) is 0 Å². The van der Waals surface area contributed by atoms with Gasteiger partial charge in [-0.2, -0.15) is 10.1 Å². The first kappa shape index (κ1) is 15.9. The third-order valence-electron chi connectivity index (χ3n) is 7.24. The van der Waals surface area contributed by atoms with Gasteiger partial charge >= 0.3 is 0 Å². The number of anilines is 3. The maximum Gasteiger partial charge on any atom is 0.224 e. The summed E-state index contributed by atoms with van der Waals surface area (Å²) in [7, 11) is 2.19. The second kappa shape index (κ2) is 5.67. The average molecular weight is 365 g/mol. The van der Waals surface area contributed by atoms with Crippen molar-refractivity contribution in [3.8, 4) is 0 Å². The summed E-state index contributed by atoms with van der Waals surface area (Å²) in [6.07, 6.45) is 8.41. The molecule has 5 fully saturated rings. The summed E-state index contributed by atoms with van der Waals surface area (Å²) in [5.74, 6) is 4.86. The second-order valence-electron chi connectivity index (χ2n) is 9.46. The van der Waals surface area contributed by atoms with E-state index in [2.05, 4.69) is 48.8 Å². The highest BCUT2D eigenvalue weighted by molar-refractivity contribution is 5.53. The topological polar surface area (TPSA) is 81.8 Å². The Morgan fingerprint density at radius 1 is 1.19 bits per heavy atom. The molecular formula is C20H27N7. The van der Waals surface area contributed by atoms with Gasteiger partial charge in [0, 0.05) is 43.0 Å². The number of hydrogen-bond donors (Lipinski definition) is 3. The summed E-state index contributed by atoms with van der Waals surface area (Å²) in [6.45, 7) is 2.47. The van der Waals surface area contributed by atoms with Gasteiger partial charge in [0.1, 0.15) is 5.82 Å². The van der Waals surface area contributed by atoms with Gasteiger partial charge in [-0.05, 0) is 62.5 Å². The van der Waals surface area contributed by atoms with Gasteiger partial charge in [-0.25, -0.2) is 4.98 Å². The van der Waals surface area contributed by atoms with E-state index >= 15 is 0 Å². The van der Waals surface area contributed by atoms with Crippen molar-refractivity contribution in [3.63, 3.8) is 0 Å². The van der Waals surface area contributed by atoms with Crippen LogP contribution >= 0.6 is 0 Å². The molecule has 1 saturated heterocycles. The Hall–Kier alpha value is -2.15. The zero-order valence-corrected chi connectivity index (χ0v) is 15.8. The van der Waals surface area contributed by atoms with E-state index in [0.717, 1.165) is 23.5 Å². The van der Waals surface area contributed by atoms with Crippen LogP contribution in [0.1, 0.15) is 43.7 Å². The van der Waals surface area contributed by atoms with Gasteiger partial charge in [-0.1, -0.05) is 0 Å². The molecule has 1 aliphatic heterocycles. The van der Waals surface area contributed by atoms with Crippen molar-refractivity contribution < 1.29 is 0 Å². The zero-order chi connectivity index (χ0) is 18.0. The summed E-state index contributed by atoms with van der Waals surface area (Å²) in [5.41, 5.74) is 1.84. The Labute approximate surface area is 159 Å². The molecule has 2 bridgehead atoms. The number of aromatic amines is 1. The van der Waals surface area contributed by atoms with Crippen LogP contribution in [-0.4, -0.2) is 51.2 Å². The third-order valence-corrected chi connectivity index (χ3v) is 7.24. The molecule has 1 unspecified atom stereocenters. The van der Waals surface area contributed by atoms with E-state index in [1.807, 2.05) is 12.3 Å². The molecule has 142 valence electrons. The standard InChI is InChI=1S/C20H27N7/c1-27-10-20(11-27)8-14(9-20)22-19-21-3-2-17(24-19)23-18-7-16(25-26-18)15-6-12-4-13(15)5-12/h2-3,7,12-15H,4-6,8-11H2,1H3,(H3,21,22,23,24,25,26). The number of rotatable bonds is 5. The van der Waals surface area contributed by atoms with Crippen LogP contribution in [-0.2, 0) is 0 Å². The highest BCUT2D eigenvalue weighted by Gasteiger charge is 2.51. The molecule has 2 aromatic heterocycles. The Morgan fingerprint density at radius 2 is 2.04 bits per heavy atom. The molecule has 1 spiro atoms. The van der Waals surface area contributed by atoms with Gasteiger partial charge in [0.15, 0.2) is 5.82 Å². The number of aromatic nitrogens is 4. The number of hydrogen-bond acceptors (Lipinski definition) is 6. The Bertz CT molecular complexity index is 842. The molecule has 4 saturated carbocycles. The SMILES string of the molecule is CN1CC2(CC(Nc3nccc(Nc4cc(C5CC6CC5C6)[nH]n4)n3)C2)C1. The van der Waals surface area contributed by atoms with Gasteiger partial charge in [-0.15, -0.1) is 0 Å². The zero-order valence-electron chi connectivity index (χ0n) is 15.8. The van der Waals surface area contributed by atoms with E-state index in [-0.39, 0.29) is 0 Å². The van der Waals surface area contributed by atoms with Crippen molar-refractivity contribution in [3.05, 3.63) is 24.0 Å². The van der Waals surface area contributed by atoms with Crippen LogP contribution in [0, 0.1) is 17.3 Å². The maximum absolute atomic E-state index is 4.63. The summed E-state index contributed by atoms with van der Waals surface area (Å²) in [4.78, 5) is 11.4. The largest absolute Gasteiger partial charge is 0.351 e. The quantitative estimate of drug-likeness (QED) is 0.756. The van der Waals surface area contributed by atoms with Crippen molar-refractivity contribution in [1.29, 1.82) is 0 Å². The average Bonchev–Trinajstić information content (AvgIpc) is 3.25. The van der Waals surface area contributed by atoms with Gasteiger partial charge in [0.25, 0.3) is 0 Å². The minimum atomic E-state index is 0.500. The summed E-state index contributed by atoms with van der Waals surface area (Å²) in [6, 6.07) is 4.55. The van der Waals surface area contributed by atoms with E-state index in [0.29, 0.717) is 23.3 Å². The van der Waals surface area contributed by atoms with Crippen molar-refractivity contribution in [2.75, 3.05) is 30.8 Å². The first-order valence-corrected chi connectivity index (χ1v) is 10.2. The summed E-state index contributed by atoms with van der Waals surface area (Å²) >= 11 is 0. The lowest BCUT2D eigenvalue weighted by atomic mass is 9.61. The molecule has 3 N–H and O–H groups in total. The van der Waals surface area contributed by atoms with Crippen LogP contribution in [0.25, 0.3) is 0 Å². The summed E-state index contributed by atoms with van der Waals surface area (Å²) < 4.78 is 0. The van der Waals surface area contributed by atoms with E-state index in [1.165, 1.54) is 50.9 Å². The molecule has 27 heavy (non-hydrogen) atoms. The molecule has 5 aliphatic rings. The van der Waals surface area contributed by atoms with E-state index in [9.17, 15) is 0 Å². The Kier molecular flexibility index (Phi) is 3.33. The number of nitrogens with one attached hydrogen (secondary N) is 3. The molecule has 4 aliphatic carbocycles. The minimum Gasteiger partial charge on any atom is -0.351 e. The first-order chi connectivity index (χ1) is 13.1. The molecular weight excluding hydrogens is 338 g/mol. The fourth-order valence-corrected chi connectivity index (χ4v) is 6.09. The molecule has 0 amide bonds. The lowest BCUT2D eigenvalue weighted by molar-refractivity contribution is -0.0514. The Balaban J connectivity index is 1.08.